The minimum absolute atomic E-state index is 0.0319. The highest BCUT2D eigenvalue weighted by atomic mass is 32.2. The van der Waals surface area contributed by atoms with E-state index in [4.69, 9.17) is 0 Å². The Labute approximate surface area is 209 Å². The molecule has 3 N–H and O–H groups in total. The number of carbonyl (C=O) groups is 2. The second-order valence-corrected chi connectivity index (χ2v) is 10.2. The Bertz CT molecular complexity index is 1350. The Morgan fingerprint density at radius 2 is 1.72 bits per heavy atom. The van der Waals surface area contributed by atoms with Gasteiger partial charge in [0.2, 0.25) is 11.8 Å². The molecule has 0 saturated heterocycles. The summed E-state index contributed by atoms with van der Waals surface area (Å²) >= 11 is 0. The van der Waals surface area contributed by atoms with E-state index >= 15 is 0 Å². The molecule has 2 amide bonds. The van der Waals surface area contributed by atoms with Gasteiger partial charge in [-0.2, -0.15) is 0 Å². The van der Waals surface area contributed by atoms with Crippen molar-refractivity contribution in [3.8, 4) is 0 Å². The molecule has 1 aliphatic heterocycles. The standard InChI is InChI=1S/C26H27FN4O4S/c1-18-6-12-21(13-7-18)36(34,35)31-23-5-3-2-4-22(23)30-26(33)24(31)16-25(32)29-17-19-8-10-20(11-9-19)28-15-14-27/h2-13,24,28H,14-17H2,1H3,(H,29,32)(H,30,33)/t24-/m1/s1/i27-1. The molecule has 8 nitrogen and oxygen atoms in total. The second-order valence-electron chi connectivity index (χ2n) is 8.43. The van der Waals surface area contributed by atoms with Gasteiger partial charge < -0.3 is 16.0 Å². The molecule has 0 spiro atoms. The van der Waals surface area contributed by atoms with Gasteiger partial charge in [0.15, 0.2) is 0 Å². The lowest BCUT2D eigenvalue weighted by Crippen LogP contribution is -2.52. The summed E-state index contributed by atoms with van der Waals surface area (Å²) < 4.78 is 40.7. The molecule has 0 bridgehead atoms. The summed E-state index contributed by atoms with van der Waals surface area (Å²) in [6.07, 6.45) is -0.360. The number of carbonyl (C=O) groups excluding carboxylic acids is 2. The minimum atomic E-state index is -4.14. The number of anilines is 3. The normalized spacial score (nSPS) is 15.1. The minimum Gasteiger partial charge on any atom is -0.382 e. The molecule has 3 aromatic rings. The number of rotatable bonds is 9. The maximum atomic E-state index is 13.7. The van der Waals surface area contributed by atoms with Gasteiger partial charge in [0.1, 0.15) is 12.7 Å². The Morgan fingerprint density at radius 3 is 2.42 bits per heavy atom. The fraction of sp³-hybridized carbons (Fsp3) is 0.231. The highest BCUT2D eigenvalue weighted by Gasteiger charge is 2.41. The van der Waals surface area contributed by atoms with Crippen LogP contribution in [0.2, 0.25) is 0 Å². The van der Waals surface area contributed by atoms with Crippen LogP contribution in [0.15, 0.2) is 77.7 Å². The van der Waals surface area contributed by atoms with Crippen LogP contribution in [0, 0.1) is 6.92 Å². The first-order valence-electron chi connectivity index (χ1n) is 11.5. The van der Waals surface area contributed by atoms with E-state index in [9.17, 15) is 22.4 Å². The SMILES string of the molecule is Cc1ccc(S(=O)(=O)N2c3ccccc3NC(=O)[C@H]2CC(=O)NCc2ccc(NCC[18F])cc2)cc1. The van der Waals surface area contributed by atoms with Gasteiger partial charge in [-0.1, -0.05) is 42.0 Å². The van der Waals surface area contributed by atoms with Crippen LogP contribution >= 0.6 is 0 Å². The van der Waals surface area contributed by atoms with E-state index in [2.05, 4.69) is 16.0 Å². The first kappa shape index (κ1) is 25.2. The van der Waals surface area contributed by atoms with Crippen molar-refractivity contribution < 1.29 is 22.4 Å². The van der Waals surface area contributed by atoms with Crippen molar-refractivity contribution in [2.45, 2.75) is 30.8 Å². The quantitative estimate of drug-likeness (QED) is 0.409. The van der Waals surface area contributed by atoms with E-state index < -0.39 is 34.6 Å². The number of hydrogen-bond donors (Lipinski definition) is 3. The average Bonchev–Trinajstić information content (AvgIpc) is 2.87. The molecule has 10 heteroatoms. The van der Waals surface area contributed by atoms with Gasteiger partial charge in [0, 0.05) is 18.8 Å². The van der Waals surface area contributed by atoms with Crippen molar-refractivity contribution in [2.24, 2.45) is 0 Å². The van der Waals surface area contributed by atoms with Gasteiger partial charge in [0.05, 0.1) is 22.7 Å². The molecule has 1 heterocycles. The monoisotopic (exact) mass is 509 g/mol. The molecule has 0 radical (unpaired) electrons. The van der Waals surface area contributed by atoms with Crippen LogP contribution in [-0.2, 0) is 26.2 Å². The molecule has 0 saturated carbocycles. The van der Waals surface area contributed by atoms with Crippen molar-refractivity contribution >= 4 is 38.9 Å². The van der Waals surface area contributed by atoms with Crippen molar-refractivity contribution in [3.05, 3.63) is 83.9 Å². The zero-order valence-corrected chi connectivity index (χ0v) is 20.5. The molecular weight excluding hydrogens is 482 g/mol. The van der Waals surface area contributed by atoms with E-state index in [0.29, 0.717) is 11.4 Å². The fourth-order valence-electron chi connectivity index (χ4n) is 3.94. The van der Waals surface area contributed by atoms with E-state index in [1.54, 1.807) is 60.7 Å². The van der Waals surface area contributed by atoms with Crippen molar-refractivity contribution in [1.29, 1.82) is 0 Å². The van der Waals surface area contributed by atoms with Crippen LogP contribution in [0.1, 0.15) is 17.5 Å². The maximum Gasteiger partial charge on any atom is 0.265 e. The molecule has 0 fully saturated rings. The van der Waals surface area contributed by atoms with Crippen LogP contribution in [-0.4, -0.2) is 39.5 Å². The summed E-state index contributed by atoms with van der Waals surface area (Å²) in [7, 11) is -4.14. The summed E-state index contributed by atoms with van der Waals surface area (Å²) in [5, 5.41) is 8.39. The van der Waals surface area contributed by atoms with Gasteiger partial charge in [-0.25, -0.2) is 12.8 Å². The van der Waals surface area contributed by atoms with Crippen LogP contribution in [0.5, 0.6) is 0 Å². The number of nitrogens with one attached hydrogen (secondary N) is 3. The van der Waals surface area contributed by atoms with Crippen LogP contribution in [0.4, 0.5) is 21.5 Å². The highest BCUT2D eigenvalue weighted by molar-refractivity contribution is 7.93. The van der Waals surface area contributed by atoms with Crippen LogP contribution in [0.25, 0.3) is 0 Å². The number of hydrogen-bond acceptors (Lipinski definition) is 5. The summed E-state index contributed by atoms with van der Waals surface area (Å²) in [6.45, 7) is 1.78. The lowest BCUT2D eigenvalue weighted by atomic mass is 10.1. The van der Waals surface area contributed by atoms with Gasteiger partial charge in [0.25, 0.3) is 10.0 Å². The Hall–Kier alpha value is -3.92. The Morgan fingerprint density at radius 1 is 1.03 bits per heavy atom. The molecule has 0 aromatic heterocycles. The topological polar surface area (TPSA) is 108 Å². The number of halogens is 1. The van der Waals surface area contributed by atoms with Gasteiger partial charge in [-0.05, 0) is 48.9 Å². The number of benzene rings is 3. The van der Waals surface area contributed by atoms with E-state index in [-0.39, 0.29) is 24.4 Å². The maximum absolute atomic E-state index is 13.7. The predicted octanol–water partition coefficient (Wildman–Crippen LogP) is 3.60. The number of para-hydroxylation sites is 2. The van der Waals surface area contributed by atoms with Crippen molar-refractivity contribution in [1.82, 2.24) is 5.32 Å². The zero-order chi connectivity index (χ0) is 25.7. The summed E-state index contributed by atoms with van der Waals surface area (Å²) in [4.78, 5) is 25.9. The largest absolute Gasteiger partial charge is 0.382 e. The third-order valence-electron chi connectivity index (χ3n) is 5.81. The highest BCUT2D eigenvalue weighted by Crippen LogP contribution is 2.37. The van der Waals surface area contributed by atoms with Crippen LogP contribution in [0.3, 0.4) is 0 Å². The van der Waals surface area contributed by atoms with Gasteiger partial charge in [-0.3, -0.25) is 13.9 Å². The molecule has 4 rings (SSSR count). The molecule has 1 aliphatic rings. The molecule has 36 heavy (non-hydrogen) atoms. The van der Waals surface area contributed by atoms with Crippen LogP contribution < -0.4 is 20.3 Å². The molecule has 0 aliphatic carbocycles. The first-order valence-corrected chi connectivity index (χ1v) is 12.9. The molecule has 3 aromatic carbocycles. The number of aryl methyl sites for hydroxylation is 1. The van der Waals surface area contributed by atoms with Gasteiger partial charge >= 0.3 is 0 Å². The summed E-state index contributed by atoms with van der Waals surface area (Å²) in [5.74, 6) is -1.05. The summed E-state index contributed by atoms with van der Waals surface area (Å²) in [6, 6.07) is 18.8. The Kier molecular flexibility index (Phi) is 7.54. The number of fused-ring (bicyclic) bond motifs is 1. The fourth-order valence-corrected chi connectivity index (χ4v) is 5.57. The lowest BCUT2D eigenvalue weighted by molar-refractivity contribution is -0.125. The number of nitrogens with zero attached hydrogens (tertiary/aromatic N) is 1. The average molecular weight is 510 g/mol. The van der Waals surface area contributed by atoms with Crippen molar-refractivity contribution in [3.63, 3.8) is 0 Å². The number of amides is 2. The third kappa shape index (κ3) is 5.49. The zero-order valence-electron chi connectivity index (χ0n) is 19.7. The van der Waals surface area contributed by atoms with E-state index in [1.165, 1.54) is 12.1 Å². The lowest BCUT2D eigenvalue weighted by Gasteiger charge is -2.36. The molecular formula is C26H27FN4O4S. The number of alkyl halides is 1. The summed E-state index contributed by atoms with van der Waals surface area (Å²) in [5.41, 5.74) is 3.12. The smallest absolute Gasteiger partial charge is 0.265 e. The molecule has 1 atom stereocenters. The number of sulfonamides is 1. The van der Waals surface area contributed by atoms with Crippen molar-refractivity contribution in [2.75, 3.05) is 28.2 Å². The molecule has 188 valence electrons. The Balaban J connectivity index is 1.54. The predicted molar refractivity (Wildman–Crippen MR) is 137 cm³/mol. The van der Waals surface area contributed by atoms with Gasteiger partial charge in [-0.15, -0.1) is 0 Å². The molecule has 0 unspecified atom stereocenters. The third-order valence-corrected chi connectivity index (χ3v) is 7.65. The van der Waals surface area contributed by atoms with E-state index in [0.717, 1.165) is 21.1 Å². The second kappa shape index (κ2) is 10.8. The van der Waals surface area contributed by atoms with E-state index in [1.807, 2.05) is 6.92 Å². The first-order chi connectivity index (χ1) is 17.3.